The lowest BCUT2D eigenvalue weighted by Gasteiger charge is -2.42. The highest BCUT2D eigenvalue weighted by Gasteiger charge is 2.37. The molecule has 5 heteroatoms. The standard InChI is InChI=1S/C17H24N2O3/c1-13-9-18(12-17(2,3)22-13)10-15-11-19(16(20)21-15)14-7-5-4-6-8-14/h4-8,13,15H,9-12H2,1-3H3. The fourth-order valence-electron chi connectivity index (χ4n) is 3.45. The Bertz CT molecular complexity index is 532. The number of ether oxygens (including phenoxy) is 2. The molecule has 2 aliphatic heterocycles. The van der Waals surface area contributed by atoms with Gasteiger partial charge in [0, 0.05) is 25.3 Å². The van der Waals surface area contributed by atoms with Gasteiger partial charge in [0.2, 0.25) is 0 Å². The van der Waals surface area contributed by atoms with Crippen LogP contribution in [0.15, 0.2) is 30.3 Å². The van der Waals surface area contributed by atoms with Gasteiger partial charge in [0.15, 0.2) is 0 Å². The van der Waals surface area contributed by atoms with E-state index in [-0.39, 0.29) is 23.9 Å². The van der Waals surface area contributed by atoms with Crippen LogP contribution in [0.25, 0.3) is 0 Å². The first-order chi connectivity index (χ1) is 10.4. The number of carbonyl (C=O) groups excluding carboxylic acids is 1. The average molecular weight is 304 g/mol. The number of amides is 1. The molecule has 0 aliphatic carbocycles. The molecular weight excluding hydrogens is 280 g/mol. The van der Waals surface area contributed by atoms with Gasteiger partial charge in [-0.3, -0.25) is 9.80 Å². The number of rotatable bonds is 3. The van der Waals surface area contributed by atoms with Crippen molar-refractivity contribution in [2.75, 3.05) is 31.1 Å². The number of anilines is 1. The van der Waals surface area contributed by atoms with Gasteiger partial charge >= 0.3 is 6.09 Å². The van der Waals surface area contributed by atoms with Gasteiger partial charge < -0.3 is 9.47 Å². The van der Waals surface area contributed by atoms with Crippen LogP contribution in [0.1, 0.15) is 20.8 Å². The molecular formula is C17H24N2O3. The number of nitrogens with zero attached hydrogens (tertiary/aromatic N) is 2. The first kappa shape index (κ1) is 15.3. The third kappa shape index (κ3) is 3.42. The zero-order chi connectivity index (χ0) is 15.7. The molecule has 2 unspecified atom stereocenters. The van der Waals surface area contributed by atoms with Crippen molar-refractivity contribution in [3.8, 4) is 0 Å². The van der Waals surface area contributed by atoms with E-state index in [1.807, 2.05) is 30.3 Å². The summed E-state index contributed by atoms with van der Waals surface area (Å²) in [5.74, 6) is 0. The van der Waals surface area contributed by atoms with E-state index in [0.717, 1.165) is 25.3 Å². The number of para-hydroxylation sites is 1. The van der Waals surface area contributed by atoms with Crippen molar-refractivity contribution < 1.29 is 14.3 Å². The maximum Gasteiger partial charge on any atom is 0.414 e. The number of cyclic esters (lactones) is 1. The van der Waals surface area contributed by atoms with E-state index in [0.29, 0.717) is 6.54 Å². The van der Waals surface area contributed by atoms with Gasteiger partial charge in [-0.15, -0.1) is 0 Å². The van der Waals surface area contributed by atoms with Crippen molar-refractivity contribution in [3.63, 3.8) is 0 Å². The Morgan fingerprint density at radius 3 is 2.64 bits per heavy atom. The summed E-state index contributed by atoms with van der Waals surface area (Å²) >= 11 is 0. The molecule has 0 aromatic heterocycles. The Balaban J connectivity index is 1.62. The summed E-state index contributed by atoms with van der Waals surface area (Å²) in [6.45, 7) is 9.39. The maximum absolute atomic E-state index is 12.1. The molecule has 0 radical (unpaired) electrons. The van der Waals surface area contributed by atoms with E-state index in [9.17, 15) is 4.79 Å². The highest BCUT2D eigenvalue weighted by atomic mass is 16.6. The van der Waals surface area contributed by atoms with E-state index in [1.165, 1.54) is 0 Å². The van der Waals surface area contributed by atoms with Gasteiger partial charge in [0.05, 0.1) is 18.2 Å². The predicted octanol–water partition coefficient (Wildman–Crippen LogP) is 2.51. The molecule has 120 valence electrons. The quantitative estimate of drug-likeness (QED) is 0.860. The summed E-state index contributed by atoms with van der Waals surface area (Å²) in [6.07, 6.45) is -0.142. The summed E-state index contributed by atoms with van der Waals surface area (Å²) < 4.78 is 11.5. The van der Waals surface area contributed by atoms with Crippen molar-refractivity contribution >= 4 is 11.8 Å². The second-order valence-corrected chi connectivity index (χ2v) is 6.83. The number of benzene rings is 1. The van der Waals surface area contributed by atoms with Gasteiger partial charge in [-0.2, -0.15) is 0 Å². The number of hydrogen-bond donors (Lipinski definition) is 0. The fraction of sp³-hybridized carbons (Fsp3) is 0.588. The van der Waals surface area contributed by atoms with Crippen LogP contribution in [0, 0.1) is 0 Å². The van der Waals surface area contributed by atoms with Gasteiger partial charge in [0.25, 0.3) is 0 Å². The Morgan fingerprint density at radius 2 is 1.95 bits per heavy atom. The van der Waals surface area contributed by atoms with E-state index in [4.69, 9.17) is 9.47 Å². The van der Waals surface area contributed by atoms with Crippen LogP contribution in [-0.2, 0) is 9.47 Å². The van der Waals surface area contributed by atoms with Crippen LogP contribution in [0.2, 0.25) is 0 Å². The zero-order valence-corrected chi connectivity index (χ0v) is 13.5. The third-order valence-electron chi connectivity index (χ3n) is 4.04. The predicted molar refractivity (Wildman–Crippen MR) is 85.1 cm³/mol. The van der Waals surface area contributed by atoms with Gasteiger partial charge in [-0.25, -0.2) is 4.79 Å². The molecule has 2 atom stereocenters. The minimum Gasteiger partial charge on any atom is -0.443 e. The van der Waals surface area contributed by atoms with Gasteiger partial charge in [-0.1, -0.05) is 18.2 Å². The van der Waals surface area contributed by atoms with Crippen LogP contribution in [0.5, 0.6) is 0 Å². The lowest BCUT2D eigenvalue weighted by molar-refractivity contribution is -0.132. The van der Waals surface area contributed by atoms with Crippen LogP contribution >= 0.6 is 0 Å². The number of hydrogen-bond acceptors (Lipinski definition) is 4. The number of carbonyl (C=O) groups is 1. The minimum atomic E-state index is -0.253. The second-order valence-electron chi connectivity index (χ2n) is 6.83. The average Bonchev–Trinajstić information content (AvgIpc) is 2.78. The molecule has 0 saturated carbocycles. The van der Waals surface area contributed by atoms with Crippen molar-refractivity contribution in [1.29, 1.82) is 0 Å². The third-order valence-corrected chi connectivity index (χ3v) is 4.04. The van der Waals surface area contributed by atoms with Crippen LogP contribution < -0.4 is 4.90 Å². The summed E-state index contributed by atoms with van der Waals surface area (Å²) in [6, 6.07) is 9.68. The molecule has 0 N–H and O–H groups in total. The topological polar surface area (TPSA) is 42.0 Å². The lowest BCUT2D eigenvalue weighted by Crippen LogP contribution is -2.53. The van der Waals surface area contributed by atoms with Crippen LogP contribution in [0.3, 0.4) is 0 Å². The van der Waals surface area contributed by atoms with E-state index in [2.05, 4.69) is 25.7 Å². The molecule has 1 aromatic rings. The molecule has 0 spiro atoms. The molecule has 2 aliphatic rings. The van der Waals surface area contributed by atoms with E-state index in [1.54, 1.807) is 4.90 Å². The molecule has 1 amide bonds. The molecule has 2 heterocycles. The molecule has 2 fully saturated rings. The minimum absolute atomic E-state index is 0.0891. The second kappa shape index (κ2) is 5.89. The highest BCUT2D eigenvalue weighted by molar-refractivity contribution is 5.89. The highest BCUT2D eigenvalue weighted by Crippen LogP contribution is 2.24. The molecule has 5 nitrogen and oxygen atoms in total. The van der Waals surface area contributed by atoms with Crippen LogP contribution in [0.4, 0.5) is 10.5 Å². The van der Waals surface area contributed by atoms with Crippen LogP contribution in [-0.4, -0.2) is 55.0 Å². The Morgan fingerprint density at radius 1 is 1.23 bits per heavy atom. The summed E-state index contributed by atoms with van der Waals surface area (Å²) in [7, 11) is 0. The maximum atomic E-state index is 12.1. The first-order valence-electron chi connectivity index (χ1n) is 7.86. The van der Waals surface area contributed by atoms with Crippen molar-refractivity contribution in [2.45, 2.75) is 38.6 Å². The summed E-state index contributed by atoms with van der Waals surface area (Å²) in [4.78, 5) is 16.1. The first-order valence-corrected chi connectivity index (χ1v) is 7.86. The Labute approximate surface area is 131 Å². The number of morpholine rings is 1. The van der Waals surface area contributed by atoms with Gasteiger partial charge in [-0.05, 0) is 32.9 Å². The zero-order valence-electron chi connectivity index (χ0n) is 13.5. The fourth-order valence-corrected chi connectivity index (χ4v) is 3.45. The monoisotopic (exact) mass is 304 g/mol. The summed E-state index contributed by atoms with van der Waals surface area (Å²) in [5, 5.41) is 0. The normalized spacial score (nSPS) is 28.7. The SMILES string of the molecule is CC1CN(CC2CN(c3ccccc3)C(=O)O2)CC(C)(C)O1. The van der Waals surface area contributed by atoms with Crippen molar-refractivity contribution in [2.24, 2.45) is 0 Å². The molecule has 3 rings (SSSR count). The Hall–Kier alpha value is -1.59. The lowest BCUT2D eigenvalue weighted by atomic mass is 10.1. The van der Waals surface area contributed by atoms with E-state index >= 15 is 0 Å². The van der Waals surface area contributed by atoms with Gasteiger partial charge in [0.1, 0.15) is 6.10 Å². The van der Waals surface area contributed by atoms with E-state index < -0.39 is 0 Å². The van der Waals surface area contributed by atoms with Crippen molar-refractivity contribution in [1.82, 2.24) is 4.90 Å². The largest absolute Gasteiger partial charge is 0.443 e. The summed E-state index contributed by atoms with van der Waals surface area (Å²) in [5.41, 5.74) is 0.741. The van der Waals surface area contributed by atoms with Crippen molar-refractivity contribution in [3.05, 3.63) is 30.3 Å². The molecule has 2 saturated heterocycles. The molecule has 22 heavy (non-hydrogen) atoms. The smallest absolute Gasteiger partial charge is 0.414 e. The molecule has 0 bridgehead atoms. The molecule has 1 aromatic carbocycles. The Kier molecular flexibility index (Phi) is 4.10.